The van der Waals surface area contributed by atoms with Gasteiger partial charge in [0.05, 0.1) is 0 Å². The van der Waals surface area contributed by atoms with Crippen LogP contribution in [0, 0.1) is 0 Å². The number of aryl methyl sites for hydroxylation is 1. The van der Waals surface area contributed by atoms with E-state index in [2.05, 4.69) is 47.0 Å². The summed E-state index contributed by atoms with van der Waals surface area (Å²) in [7, 11) is 0. The maximum Gasteiger partial charge on any atom is 0.00727 e. The van der Waals surface area contributed by atoms with Crippen LogP contribution in [0.3, 0.4) is 0 Å². The van der Waals surface area contributed by atoms with Gasteiger partial charge in [0.15, 0.2) is 0 Å². The lowest BCUT2D eigenvalue weighted by Crippen LogP contribution is -2.33. The van der Waals surface area contributed by atoms with Gasteiger partial charge >= 0.3 is 0 Å². The van der Waals surface area contributed by atoms with E-state index >= 15 is 0 Å². The maximum absolute atomic E-state index is 2.60. The Morgan fingerprint density at radius 3 is 2.53 bits per heavy atom. The van der Waals surface area contributed by atoms with Crippen LogP contribution >= 0.6 is 11.8 Å². The van der Waals surface area contributed by atoms with Crippen LogP contribution in [0.2, 0.25) is 0 Å². The molecule has 0 amide bonds. The predicted octanol–water partition coefficient (Wildman–Crippen LogP) is 2.67. The van der Waals surface area contributed by atoms with Crippen LogP contribution < -0.4 is 0 Å². The Labute approximate surface area is 96.9 Å². The van der Waals surface area contributed by atoms with Gasteiger partial charge in [-0.1, -0.05) is 30.3 Å². The number of thioether (sulfide) groups is 1. The fraction of sp³-hybridized carbons (Fsp3) is 0.538. The minimum atomic E-state index is 1.23. The molecule has 1 saturated heterocycles. The minimum Gasteiger partial charge on any atom is -0.302 e. The summed E-state index contributed by atoms with van der Waals surface area (Å²) in [6.45, 7) is 3.86. The van der Waals surface area contributed by atoms with Crippen molar-refractivity contribution in [2.24, 2.45) is 0 Å². The Balaban J connectivity index is 1.66. The van der Waals surface area contributed by atoms with Crippen molar-refractivity contribution in [2.75, 3.05) is 31.1 Å². The maximum atomic E-state index is 2.60. The lowest BCUT2D eigenvalue weighted by Gasteiger charge is -2.25. The molecule has 1 fully saturated rings. The quantitative estimate of drug-likeness (QED) is 0.769. The van der Waals surface area contributed by atoms with Gasteiger partial charge in [0.25, 0.3) is 0 Å². The summed E-state index contributed by atoms with van der Waals surface area (Å²) < 4.78 is 0. The first-order valence-corrected chi connectivity index (χ1v) is 6.94. The average Bonchev–Trinajstić information content (AvgIpc) is 2.32. The minimum absolute atomic E-state index is 1.23. The Morgan fingerprint density at radius 2 is 1.80 bits per heavy atom. The van der Waals surface area contributed by atoms with E-state index < -0.39 is 0 Å². The first kappa shape index (κ1) is 11.0. The van der Waals surface area contributed by atoms with E-state index in [4.69, 9.17) is 0 Å². The van der Waals surface area contributed by atoms with Crippen LogP contribution in [-0.2, 0) is 6.42 Å². The Kier molecular flexibility index (Phi) is 4.55. The zero-order chi connectivity index (χ0) is 10.3. The third-order valence-electron chi connectivity index (χ3n) is 2.89. The fourth-order valence-electron chi connectivity index (χ4n) is 1.98. The Bertz CT molecular complexity index is 267. The smallest absolute Gasteiger partial charge is 0.00727 e. The zero-order valence-corrected chi connectivity index (χ0v) is 10.0. The molecule has 1 aliphatic rings. The number of hydrogen-bond donors (Lipinski definition) is 0. The van der Waals surface area contributed by atoms with Gasteiger partial charge < -0.3 is 4.90 Å². The van der Waals surface area contributed by atoms with Gasteiger partial charge in [0, 0.05) is 24.6 Å². The van der Waals surface area contributed by atoms with Gasteiger partial charge in [-0.15, -0.1) is 0 Å². The van der Waals surface area contributed by atoms with E-state index in [1.165, 1.54) is 49.5 Å². The zero-order valence-electron chi connectivity index (χ0n) is 9.19. The van der Waals surface area contributed by atoms with Crippen molar-refractivity contribution in [3.63, 3.8) is 0 Å². The fourth-order valence-corrected chi connectivity index (χ4v) is 2.95. The normalized spacial score (nSPS) is 17.9. The number of nitrogens with zero attached hydrogens (tertiary/aromatic N) is 1. The lowest BCUT2D eigenvalue weighted by molar-refractivity contribution is 0.299. The van der Waals surface area contributed by atoms with Crippen LogP contribution in [0.1, 0.15) is 12.0 Å². The Hall–Kier alpha value is -0.470. The largest absolute Gasteiger partial charge is 0.302 e. The van der Waals surface area contributed by atoms with Crippen molar-refractivity contribution >= 4 is 11.8 Å². The highest BCUT2D eigenvalue weighted by Crippen LogP contribution is 2.10. The molecule has 1 aliphatic heterocycles. The molecule has 0 radical (unpaired) electrons. The molecule has 1 aromatic rings. The molecule has 0 unspecified atom stereocenters. The highest BCUT2D eigenvalue weighted by Gasteiger charge is 2.08. The van der Waals surface area contributed by atoms with E-state index in [1.54, 1.807) is 0 Å². The standard InChI is InChI=1S/C13H19NS/c1-2-5-13(6-3-1)7-4-8-14-9-11-15-12-10-14/h1-3,5-6H,4,7-12H2. The molecule has 2 heteroatoms. The van der Waals surface area contributed by atoms with Gasteiger partial charge in [-0.3, -0.25) is 0 Å². The molecule has 0 saturated carbocycles. The van der Waals surface area contributed by atoms with E-state index in [-0.39, 0.29) is 0 Å². The van der Waals surface area contributed by atoms with Crippen molar-refractivity contribution in [3.8, 4) is 0 Å². The van der Waals surface area contributed by atoms with Crippen LogP contribution in [0.4, 0.5) is 0 Å². The summed E-state index contributed by atoms with van der Waals surface area (Å²) in [5.74, 6) is 2.65. The number of hydrogen-bond acceptors (Lipinski definition) is 2. The SMILES string of the molecule is c1ccc(CCCN2CCSCC2)cc1. The molecular weight excluding hydrogens is 202 g/mol. The van der Waals surface area contributed by atoms with Crippen molar-refractivity contribution in [2.45, 2.75) is 12.8 Å². The summed E-state index contributed by atoms with van der Waals surface area (Å²) in [5.41, 5.74) is 1.48. The molecule has 1 nitrogen and oxygen atoms in total. The number of benzene rings is 1. The molecular formula is C13H19NS. The van der Waals surface area contributed by atoms with Gasteiger partial charge in [0.2, 0.25) is 0 Å². The van der Waals surface area contributed by atoms with Crippen LogP contribution in [-0.4, -0.2) is 36.0 Å². The molecule has 0 aromatic heterocycles. The van der Waals surface area contributed by atoms with E-state index in [0.717, 1.165) is 0 Å². The Morgan fingerprint density at radius 1 is 1.07 bits per heavy atom. The molecule has 2 rings (SSSR count). The molecule has 1 heterocycles. The average molecular weight is 221 g/mol. The van der Waals surface area contributed by atoms with E-state index in [1.807, 2.05) is 0 Å². The van der Waals surface area contributed by atoms with Crippen molar-refractivity contribution < 1.29 is 0 Å². The molecule has 82 valence electrons. The van der Waals surface area contributed by atoms with Crippen molar-refractivity contribution in [1.82, 2.24) is 4.90 Å². The second-order valence-electron chi connectivity index (χ2n) is 4.04. The molecule has 0 bridgehead atoms. The third-order valence-corrected chi connectivity index (χ3v) is 3.83. The third kappa shape index (κ3) is 3.88. The van der Waals surface area contributed by atoms with Gasteiger partial charge in [-0.2, -0.15) is 11.8 Å². The van der Waals surface area contributed by atoms with Gasteiger partial charge in [-0.25, -0.2) is 0 Å². The summed E-state index contributed by atoms with van der Waals surface area (Å²) in [5, 5.41) is 0. The summed E-state index contributed by atoms with van der Waals surface area (Å²) in [6, 6.07) is 10.8. The van der Waals surface area contributed by atoms with Crippen molar-refractivity contribution in [3.05, 3.63) is 35.9 Å². The second-order valence-corrected chi connectivity index (χ2v) is 5.27. The topological polar surface area (TPSA) is 3.24 Å². The highest BCUT2D eigenvalue weighted by molar-refractivity contribution is 7.99. The predicted molar refractivity (Wildman–Crippen MR) is 68.5 cm³/mol. The summed E-state index contributed by atoms with van der Waals surface area (Å²) in [4.78, 5) is 2.60. The molecule has 0 spiro atoms. The first-order chi connectivity index (χ1) is 7.45. The van der Waals surface area contributed by atoms with Crippen LogP contribution in [0.25, 0.3) is 0 Å². The van der Waals surface area contributed by atoms with Crippen molar-refractivity contribution in [1.29, 1.82) is 0 Å². The molecule has 0 aliphatic carbocycles. The highest BCUT2D eigenvalue weighted by atomic mass is 32.2. The molecule has 0 N–H and O–H groups in total. The monoisotopic (exact) mass is 221 g/mol. The molecule has 1 aromatic carbocycles. The molecule has 15 heavy (non-hydrogen) atoms. The summed E-state index contributed by atoms with van der Waals surface area (Å²) >= 11 is 2.09. The molecule has 0 atom stereocenters. The summed E-state index contributed by atoms with van der Waals surface area (Å²) in [6.07, 6.45) is 2.53. The van der Waals surface area contributed by atoms with Crippen LogP contribution in [0.5, 0.6) is 0 Å². The lowest BCUT2D eigenvalue weighted by atomic mass is 10.1. The van der Waals surface area contributed by atoms with E-state index in [0.29, 0.717) is 0 Å². The number of rotatable bonds is 4. The van der Waals surface area contributed by atoms with E-state index in [9.17, 15) is 0 Å². The van der Waals surface area contributed by atoms with Gasteiger partial charge in [-0.05, 0) is 24.9 Å². The first-order valence-electron chi connectivity index (χ1n) is 5.79. The van der Waals surface area contributed by atoms with Gasteiger partial charge in [0.1, 0.15) is 0 Å². The van der Waals surface area contributed by atoms with Crippen LogP contribution in [0.15, 0.2) is 30.3 Å². The second kappa shape index (κ2) is 6.19.